The Bertz CT molecular complexity index is 251. The highest BCUT2D eigenvalue weighted by atomic mass is 32.1. The van der Waals surface area contributed by atoms with E-state index in [0.717, 1.165) is 4.88 Å². The Hall–Kier alpha value is -1.09. The van der Waals surface area contributed by atoms with Crippen molar-refractivity contribution in [3.05, 3.63) is 34.7 Å². The van der Waals surface area contributed by atoms with Gasteiger partial charge in [0.15, 0.2) is 0 Å². The molecule has 0 bridgehead atoms. The fraction of sp³-hybridized carbons (Fsp3) is 0.125. The Morgan fingerprint density at radius 1 is 1.73 bits per heavy atom. The van der Waals surface area contributed by atoms with Crippen molar-refractivity contribution in [1.82, 2.24) is 5.32 Å². The maximum atomic E-state index is 11.1. The first kappa shape index (κ1) is 8.01. The zero-order valence-electron chi connectivity index (χ0n) is 6.20. The molecule has 0 saturated heterocycles. The van der Waals surface area contributed by atoms with Gasteiger partial charge in [-0.15, -0.1) is 11.3 Å². The third-order valence-electron chi connectivity index (χ3n) is 1.13. The molecule has 1 heterocycles. The Balaban J connectivity index is 2.56. The third kappa shape index (κ3) is 2.20. The van der Waals surface area contributed by atoms with Crippen LogP contribution in [0.5, 0.6) is 0 Å². The summed E-state index contributed by atoms with van der Waals surface area (Å²) in [4.78, 5) is 11.9. The van der Waals surface area contributed by atoms with Gasteiger partial charge in [0.1, 0.15) is 0 Å². The monoisotopic (exact) mass is 167 g/mol. The van der Waals surface area contributed by atoms with Crippen molar-refractivity contribution in [2.75, 3.05) is 0 Å². The minimum atomic E-state index is -0.0434. The quantitative estimate of drug-likeness (QED) is 0.717. The lowest BCUT2D eigenvalue weighted by atomic mass is 10.4. The molecule has 0 saturated carbocycles. The maximum Gasteiger partial charge on any atom is 0.265 e. The summed E-state index contributed by atoms with van der Waals surface area (Å²) in [6.07, 6.45) is 3.41. The molecule has 2 nitrogen and oxygen atoms in total. The smallest absolute Gasteiger partial charge is 0.265 e. The van der Waals surface area contributed by atoms with Gasteiger partial charge in [-0.2, -0.15) is 0 Å². The van der Waals surface area contributed by atoms with Gasteiger partial charge in [0.05, 0.1) is 4.88 Å². The SMILES string of the molecule is C/C=C/NC(=O)c1cccs1. The van der Waals surface area contributed by atoms with Crippen LogP contribution in [0.3, 0.4) is 0 Å². The first-order chi connectivity index (χ1) is 5.34. The molecule has 58 valence electrons. The number of allylic oxidation sites excluding steroid dienone is 1. The van der Waals surface area contributed by atoms with Crippen LogP contribution in [0.4, 0.5) is 0 Å². The molecule has 1 aromatic heterocycles. The van der Waals surface area contributed by atoms with Crippen molar-refractivity contribution in [1.29, 1.82) is 0 Å². The minimum Gasteiger partial charge on any atom is -0.328 e. The maximum absolute atomic E-state index is 11.1. The summed E-state index contributed by atoms with van der Waals surface area (Å²) in [6.45, 7) is 1.86. The average molecular weight is 167 g/mol. The van der Waals surface area contributed by atoms with Crippen molar-refractivity contribution < 1.29 is 4.79 Å². The highest BCUT2D eigenvalue weighted by molar-refractivity contribution is 7.12. The predicted molar refractivity (Wildman–Crippen MR) is 46.6 cm³/mol. The fourth-order valence-corrected chi connectivity index (χ4v) is 1.26. The Morgan fingerprint density at radius 2 is 2.55 bits per heavy atom. The molecule has 0 aliphatic carbocycles. The predicted octanol–water partition coefficient (Wildman–Crippen LogP) is 2.01. The lowest BCUT2D eigenvalue weighted by Gasteiger charge is -1.93. The van der Waals surface area contributed by atoms with Crippen molar-refractivity contribution in [3.8, 4) is 0 Å². The van der Waals surface area contributed by atoms with Crippen LogP contribution in [-0.4, -0.2) is 5.91 Å². The van der Waals surface area contributed by atoms with Crippen molar-refractivity contribution >= 4 is 17.2 Å². The molecule has 11 heavy (non-hydrogen) atoms. The lowest BCUT2D eigenvalue weighted by Crippen LogP contribution is -2.15. The highest BCUT2D eigenvalue weighted by Crippen LogP contribution is 2.07. The number of nitrogens with one attached hydrogen (secondary N) is 1. The zero-order valence-corrected chi connectivity index (χ0v) is 7.02. The molecule has 1 aromatic rings. The summed E-state index contributed by atoms with van der Waals surface area (Å²) < 4.78 is 0. The molecule has 0 unspecified atom stereocenters. The molecule has 0 fully saturated rings. The minimum absolute atomic E-state index is 0.0434. The van der Waals surface area contributed by atoms with Gasteiger partial charge < -0.3 is 5.32 Å². The van der Waals surface area contributed by atoms with Gasteiger partial charge in [0.2, 0.25) is 0 Å². The second kappa shape index (κ2) is 3.93. The van der Waals surface area contributed by atoms with E-state index in [9.17, 15) is 4.79 Å². The molecule has 1 N–H and O–H groups in total. The van der Waals surface area contributed by atoms with Crippen LogP contribution in [-0.2, 0) is 0 Å². The first-order valence-corrected chi connectivity index (χ1v) is 4.18. The van der Waals surface area contributed by atoms with Crippen LogP contribution < -0.4 is 5.32 Å². The van der Waals surface area contributed by atoms with Crippen molar-refractivity contribution in [3.63, 3.8) is 0 Å². The van der Waals surface area contributed by atoms with Crippen LogP contribution in [0.2, 0.25) is 0 Å². The average Bonchev–Trinajstić information content (AvgIpc) is 2.52. The van der Waals surface area contributed by atoms with Crippen molar-refractivity contribution in [2.24, 2.45) is 0 Å². The Morgan fingerprint density at radius 3 is 3.09 bits per heavy atom. The molecule has 1 amide bonds. The molecule has 1 rings (SSSR count). The van der Waals surface area contributed by atoms with Crippen LogP contribution in [0.1, 0.15) is 16.6 Å². The summed E-state index contributed by atoms with van der Waals surface area (Å²) in [6, 6.07) is 3.65. The number of carbonyl (C=O) groups excluding carboxylic acids is 1. The fourth-order valence-electron chi connectivity index (χ4n) is 0.638. The number of amides is 1. The third-order valence-corrected chi connectivity index (χ3v) is 1.99. The Kier molecular flexibility index (Phi) is 2.86. The summed E-state index contributed by atoms with van der Waals surface area (Å²) >= 11 is 1.44. The van der Waals surface area contributed by atoms with E-state index in [1.54, 1.807) is 18.3 Å². The molecule has 0 atom stereocenters. The highest BCUT2D eigenvalue weighted by Gasteiger charge is 2.01. The summed E-state index contributed by atoms with van der Waals surface area (Å²) in [7, 11) is 0. The normalized spacial score (nSPS) is 10.3. The van der Waals surface area contributed by atoms with Gasteiger partial charge in [0, 0.05) is 0 Å². The standard InChI is InChI=1S/C8H9NOS/c1-2-5-9-8(10)7-4-3-6-11-7/h2-6H,1H3,(H,9,10)/b5-2+. The van der Waals surface area contributed by atoms with Gasteiger partial charge in [-0.25, -0.2) is 0 Å². The van der Waals surface area contributed by atoms with Gasteiger partial charge in [-0.3, -0.25) is 4.79 Å². The molecule has 0 aliphatic rings. The van der Waals surface area contributed by atoms with E-state index in [1.807, 2.05) is 18.4 Å². The lowest BCUT2D eigenvalue weighted by molar-refractivity contribution is 0.0974. The van der Waals surface area contributed by atoms with E-state index in [2.05, 4.69) is 5.32 Å². The molecular formula is C8H9NOS. The van der Waals surface area contributed by atoms with Gasteiger partial charge in [-0.05, 0) is 24.6 Å². The van der Waals surface area contributed by atoms with E-state index in [0.29, 0.717) is 0 Å². The number of thiophene rings is 1. The van der Waals surface area contributed by atoms with E-state index in [4.69, 9.17) is 0 Å². The van der Waals surface area contributed by atoms with Gasteiger partial charge in [-0.1, -0.05) is 12.1 Å². The Labute approximate surface area is 69.6 Å². The van der Waals surface area contributed by atoms with E-state index in [1.165, 1.54) is 11.3 Å². The van der Waals surface area contributed by atoms with Crippen LogP contribution in [0, 0.1) is 0 Å². The number of hydrogen-bond donors (Lipinski definition) is 1. The summed E-state index contributed by atoms with van der Waals surface area (Å²) in [5, 5.41) is 4.51. The van der Waals surface area contributed by atoms with Crippen LogP contribution >= 0.6 is 11.3 Å². The number of hydrogen-bond acceptors (Lipinski definition) is 2. The molecule has 0 aliphatic heterocycles. The molecular weight excluding hydrogens is 158 g/mol. The molecule has 3 heteroatoms. The topological polar surface area (TPSA) is 29.1 Å². The van der Waals surface area contributed by atoms with E-state index < -0.39 is 0 Å². The second-order valence-corrected chi connectivity index (χ2v) is 2.90. The van der Waals surface area contributed by atoms with Crippen LogP contribution in [0.25, 0.3) is 0 Å². The second-order valence-electron chi connectivity index (χ2n) is 1.95. The van der Waals surface area contributed by atoms with Gasteiger partial charge >= 0.3 is 0 Å². The van der Waals surface area contributed by atoms with Gasteiger partial charge in [0.25, 0.3) is 5.91 Å². The summed E-state index contributed by atoms with van der Waals surface area (Å²) in [5.74, 6) is -0.0434. The summed E-state index contributed by atoms with van der Waals surface area (Å²) in [5.41, 5.74) is 0. The molecule has 0 radical (unpaired) electrons. The largest absolute Gasteiger partial charge is 0.328 e. The molecule has 0 aromatic carbocycles. The van der Waals surface area contributed by atoms with E-state index >= 15 is 0 Å². The zero-order chi connectivity index (χ0) is 8.10. The van der Waals surface area contributed by atoms with E-state index in [-0.39, 0.29) is 5.91 Å². The number of rotatable bonds is 2. The molecule has 0 spiro atoms. The number of carbonyl (C=O) groups is 1. The first-order valence-electron chi connectivity index (χ1n) is 3.30. The van der Waals surface area contributed by atoms with Crippen LogP contribution in [0.15, 0.2) is 29.8 Å². The van der Waals surface area contributed by atoms with Crippen molar-refractivity contribution in [2.45, 2.75) is 6.92 Å².